The first-order valence-corrected chi connectivity index (χ1v) is 9.53. The van der Waals surface area contributed by atoms with E-state index in [1.54, 1.807) is 0 Å². The molecule has 0 amide bonds. The lowest BCUT2D eigenvalue weighted by Gasteiger charge is -2.04. The average molecular weight is 295 g/mol. The third-order valence-corrected chi connectivity index (χ3v) is 4.56. The zero-order valence-corrected chi connectivity index (χ0v) is 13.8. The third-order valence-electron chi connectivity index (χ3n) is 2.40. The van der Waals surface area contributed by atoms with Crippen LogP contribution in [0.15, 0.2) is 0 Å². The molecule has 0 aliphatic heterocycles. The molecule has 0 fully saturated rings. The maximum absolute atomic E-state index is 5.51. The molecule has 0 atom stereocenters. The van der Waals surface area contributed by atoms with Gasteiger partial charge < -0.3 is 9.47 Å². The van der Waals surface area contributed by atoms with Crippen molar-refractivity contribution in [2.24, 2.45) is 0 Å². The van der Waals surface area contributed by atoms with E-state index in [-0.39, 0.29) is 0 Å². The largest absolute Gasteiger partial charge is 0.381 e. The summed E-state index contributed by atoms with van der Waals surface area (Å²) in [5, 5.41) is 0. The summed E-state index contributed by atoms with van der Waals surface area (Å²) in [4.78, 5) is 0. The van der Waals surface area contributed by atoms with Gasteiger partial charge in [0.05, 0.1) is 13.2 Å². The molecule has 0 bridgehead atoms. The number of ether oxygens (including phenoxy) is 2. The molecular weight excluding hydrogens is 264 g/mol. The van der Waals surface area contributed by atoms with Crippen molar-refractivity contribution in [3.05, 3.63) is 0 Å². The van der Waals surface area contributed by atoms with Gasteiger partial charge in [0.15, 0.2) is 0 Å². The van der Waals surface area contributed by atoms with Crippen LogP contribution in [0.3, 0.4) is 0 Å². The summed E-state index contributed by atoms with van der Waals surface area (Å²) in [6, 6.07) is 0. The molecule has 0 unspecified atom stereocenters. The van der Waals surface area contributed by atoms with Crippen molar-refractivity contribution >= 4 is 23.5 Å². The topological polar surface area (TPSA) is 18.5 Å². The molecule has 0 radical (unpaired) electrons. The summed E-state index contributed by atoms with van der Waals surface area (Å²) in [5.74, 6) is 4.74. The molecule has 0 aromatic heterocycles. The highest BCUT2D eigenvalue weighted by molar-refractivity contribution is 8.02. The first-order chi connectivity index (χ1) is 8.91. The predicted octanol–water partition coefficient (Wildman–Crippen LogP) is 4.09. The van der Waals surface area contributed by atoms with Gasteiger partial charge in [0.2, 0.25) is 0 Å². The summed E-state index contributed by atoms with van der Waals surface area (Å²) < 4.78 is 11.0. The van der Waals surface area contributed by atoms with Gasteiger partial charge in [-0.25, -0.2) is 0 Å². The molecule has 2 nitrogen and oxygen atoms in total. The van der Waals surface area contributed by atoms with Crippen molar-refractivity contribution in [2.75, 3.05) is 49.4 Å². The van der Waals surface area contributed by atoms with Crippen LogP contribution in [0.5, 0.6) is 0 Å². The van der Waals surface area contributed by atoms with Gasteiger partial charge in [-0.15, -0.1) is 0 Å². The average Bonchev–Trinajstić information content (AvgIpc) is 2.39. The fraction of sp³-hybridized carbons (Fsp3) is 1.00. The molecule has 0 aromatic carbocycles. The van der Waals surface area contributed by atoms with Gasteiger partial charge in [0, 0.05) is 36.2 Å². The van der Waals surface area contributed by atoms with Crippen molar-refractivity contribution in [1.29, 1.82) is 0 Å². The Balaban J connectivity index is 2.86. The van der Waals surface area contributed by atoms with E-state index in [1.165, 1.54) is 37.2 Å². The molecule has 0 aliphatic carbocycles. The fourth-order valence-electron chi connectivity index (χ4n) is 1.25. The molecule has 0 saturated carbocycles. The van der Waals surface area contributed by atoms with Crippen LogP contribution in [0.25, 0.3) is 0 Å². The van der Waals surface area contributed by atoms with Crippen LogP contribution >= 0.6 is 23.5 Å². The van der Waals surface area contributed by atoms with Crippen molar-refractivity contribution in [3.8, 4) is 0 Å². The van der Waals surface area contributed by atoms with E-state index >= 15 is 0 Å². The number of hydrogen-bond donors (Lipinski definition) is 0. The van der Waals surface area contributed by atoms with Crippen molar-refractivity contribution in [3.63, 3.8) is 0 Å². The number of rotatable bonds is 15. The summed E-state index contributed by atoms with van der Waals surface area (Å²) in [5.41, 5.74) is 0. The number of hydrogen-bond acceptors (Lipinski definition) is 4. The van der Waals surface area contributed by atoms with E-state index in [4.69, 9.17) is 9.47 Å². The standard InChI is InChI=1S/C14H30O2S2/c1-3-5-7-15-9-11-17-13-14-18-12-10-16-8-6-4-2/h3-14H2,1-2H3. The van der Waals surface area contributed by atoms with Gasteiger partial charge >= 0.3 is 0 Å². The quantitative estimate of drug-likeness (QED) is 0.423. The third kappa shape index (κ3) is 16.6. The first kappa shape index (κ1) is 18.6. The van der Waals surface area contributed by atoms with E-state index in [0.717, 1.165) is 37.9 Å². The van der Waals surface area contributed by atoms with Gasteiger partial charge in [0.25, 0.3) is 0 Å². The molecule has 0 aliphatic rings. The fourth-order valence-corrected chi connectivity index (χ4v) is 3.08. The number of thioether (sulfide) groups is 2. The Bertz CT molecular complexity index is 130. The zero-order valence-electron chi connectivity index (χ0n) is 12.1. The minimum Gasteiger partial charge on any atom is -0.381 e. The van der Waals surface area contributed by atoms with E-state index in [2.05, 4.69) is 13.8 Å². The summed E-state index contributed by atoms with van der Waals surface area (Å²) >= 11 is 3.99. The van der Waals surface area contributed by atoms with Crippen LogP contribution in [-0.4, -0.2) is 49.4 Å². The van der Waals surface area contributed by atoms with Gasteiger partial charge in [-0.3, -0.25) is 0 Å². The van der Waals surface area contributed by atoms with Crippen molar-refractivity contribution < 1.29 is 9.47 Å². The van der Waals surface area contributed by atoms with E-state index in [0.29, 0.717) is 0 Å². The second-order valence-corrected chi connectivity index (χ2v) is 6.61. The maximum atomic E-state index is 5.51. The molecule has 0 heterocycles. The summed E-state index contributed by atoms with van der Waals surface area (Å²) in [6.07, 6.45) is 4.84. The Morgan fingerprint density at radius 3 is 1.44 bits per heavy atom. The minimum atomic E-state index is 0.912. The van der Waals surface area contributed by atoms with E-state index < -0.39 is 0 Å². The van der Waals surface area contributed by atoms with Gasteiger partial charge in [-0.05, 0) is 12.8 Å². The lowest BCUT2D eigenvalue weighted by molar-refractivity contribution is 0.146. The van der Waals surface area contributed by atoms with Crippen molar-refractivity contribution in [2.45, 2.75) is 39.5 Å². The highest BCUT2D eigenvalue weighted by Crippen LogP contribution is 2.07. The Hall–Kier alpha value is 0.620. The van der Waals surface area contributed by atoms with Crippen LogP contribution < -0.4 is 0 Å². The predicted molar refractivity (Wildman–Crippen MR) is 86.1 cm³/mol. The van der Waals surface area contributed by atoms with E-state index in [1.807, 2.05) is 23.5 Å². The van der Waals surface area contributed by atoms with Crippen LogP contribution in [0.1, 0.15) is 39.5 Å². The van der Waals surface area contributed by atoms with Crippen LogP contribution in [-0.2, 0) is 9.47 Å². The first-order valence-electron chi connectivity index (χ1n) is 7.22. The molecule has 0 saturated heterocycles. The zero-order chi connectivity index (χ0) is 13.3. The van der Waals surface area contributed by atoms with Crippen molar-refractivity contribution in [1.82, 2.24) is 0 Å². The molecule has 0 rings (SSSR count). The van der Waals surface area contributed by atoms with Gasteiger partial charge in [0.1, 0.15) is 0 Å². The maximum Gasteiger partial charge on any atom is 0.0556 e. The van der Waals surface area contributed by atoms with Crippen LogP contribution in [0.2, 0.25) is 0 Å². The Morgan fingerprint density at radius 2 is 1.06 bits per heavy atom. The second-order valence-electron chi connectivity index (χ2n) is 4.16. The minimum absolute atomic E-state index is 0.912. The lowest BCUT2D eigenvalue weighted by atomic mass is 10.4. The monoisotopic (exact) mass is 294 g/mol. The molecule has 0 spiro atoms. The molecular formula is C14H30O2S2. The molecule has 18 heavy (non-hydrogen) atoms. The highest BCUT2D eigenvalue weighted by atomic mass is 32.2. The smallest absolute Gasteiger partial charge is 0.0556 e. The molecule has 4 heteroatoms. The van der Waals surface area contributed by atoms with Gasteiger partial charge in [-0.2, -0.15) is 23.5 Å². The summed E-state index contributed by atoms with van der Waals surface area (Å²) in [6.45, 7) is 8.08. The molecule has 0 aromatic rings. The Morgan fingerprint density at radius 1 is 0.611 bits per heavy atom. The van der Waals surface area contributed by atoms with E-state index in [9.17, 15) is 0 Å². The Labute approximate surface area is 122 Å². The normalized spacial score (nSPS) is 11.0. The molecule has 0 N–H and O–H groups in total. The van der Waals surface area contributed by atoms with Crippen LogP contribution in [0.4, 0.5) is 0 Å². The highest BCUT2D eigenvalue weighted by Gasteiger charge is 1.93. The SMILES string of the molecule is CCCCOCCSCCSCCOCCCC. The second kappa shape index (κ2) is 17.6. The molecule has 110 valence electrons. The Kier molecular flexibility index (Phi) is 18.2. The summed E-state index contributed by atoms with van der Waals surface area (Å²) in [7, 11) is 0. The number of unbranched alkanes of at least 4 members (excludes halogenated alkanes) is 2. The van der Waals surface area contributed by atoms with Gasteiger partial charge in [-0.1, -0.05) is 26.7 Å². The lowest BCUT2D eigenvalue weighted by Crippen LogP contribution is -2.01. The van der Waals surface area contributed by atoms with Crippen LogP contribution in [0, 0.1) is 0 Å².